The van der Waals surface area contributed by atoms with Gasteiger partial charge in [-0.3, -0.25) is 0 Å². The molecule has 0 aliphatic rings. The van der Waals surface area contributed by atoms with E-state index in [0.29, 0.717) is 22.3 Å². The maximum absolute atomic E-state index is 11.6. The van der Waals surface area contributed by atoms with Crippen molar-refractivity contribution in [3.63, 3.8) is 0 Å². The molecule has 10 heteroatoms. The number of carbonyl (C=O) groups is 1. The molecular weight excluding hydrogens is 494 g/mol. The van der Waals surface area contributed by atoms with Crippen LogP contribution in [0.4, 0.5) is 11.5 Å². The van der Waals surface area contributed by atoms with E-state index in [-0.39, 0.29) is 22.6 Å². The molecule has 0 amide bonds. The molecule has 0 atom stereocenters. The van der Waals surface area contributed by atoms with Crippen molar-refractivity contribution in [3.8, 4) is 28.8 Å². The van der Waals surface area contributed by atoms with E-state index in [9.17, 15) is 15.2 Å². The number of hydrogen-bond acceptors (Lipinski definition) is 8. The smallest absolute Gasteiger partial charge is 0.337 e. The summed E-state index contributed by atoms with van der Waals surface area (Å²) in [7, 11) is 0. The van der Waals surface area contributed by atoms with Gasteiger partial charge in [0.05, 0.1) is 11.3 Å². The molecule has 2 heterocycles. The maximum atomic E-state index is 11.6. The standard InChI is InChI=1S/C22H14BrN5O3S/c1-32-22-27-17(18-19(31-11-25-18)12-6-8-13(23)9-7-12)15(10-24)20(28-22)26-16-5-3-2-4-14(16)21(29)30/h2-9,11H,1H3,(H,29,30)(H,26,27,28). The van der Waals surface area contributed by atoms with E-state index < -0.39 is 5.97 Å². The van der Waals surface area contributed by atoms with Crippen molar-refractivity contribution < 1.29 is 14.3 Å². The second kappa shape index (κ2) is 9.21. The first kappa shape index (κ1) is 21.5. The average molecular weight is 508 g/mol. The number of halogens is 1. The van der Waals surface area contributed by atoms with Crippen LogP contribution in [0.25, 0.3) is 22.7 Å². The summed E-state index contributed by atoms with van der Waals surface area (Å²) in [5.41, 5.74) is 1.92. The molecule has 4 rings (SSSR count). The highest BCUT2D eigenvalue weighted by atomic mass is 79.9. The zero-order valence-electron chi connectivity index (χ0n) is 16.5. The van der Waals surface area contributed by atoms with E-state index in [1.54, 1.807) is 24.5 Å². The number of carboxylic acids is 1. The van der Waals surface area contributed by atoms with Crippen molar-refractivity contribution in [3.05, 3.63) is 70.5 Å². The van der Waals surface area contributed by atoms with Crippen LogP contribution in [-0.4, -0.2) is 32.3 Å². The van der Waals surface area contributed by atoms with Gasteiger partial charge in [0.15, 0.2) is 23.1 Å². The SMILES string of the molecule is CSc1nc(Nc2ccccc2C(=O)O)c(C#N)c(-c2ncoc2-c2ccc(Br)cc2)n1. The van der Waals surface area contributed by atoms with Crippen molar-refractivity contribution in [1.29, 1.82) is 5.26 Å². The van der Waals surface area contributed by atoms with Gasteiger partial charge in [-0.1, -0.05) is 52.0 Å². The summed E-state index contributed by atoms with van der Waals surface area (Å²) in [6.45, 7) is 0. The quantitative estimate of drug-likeness (QED) is 0.253. The fourth-order valence-electron chi connectivity index (χ4n) is 3.03. The van der Waals surface area contributed by atoms with Crippen molar-refractivity contribution in [2.24, 2.45) is 0 Å². The first-order valence-corrected chi connectivity index (χ1v) is 11.2. The predicted molar refractivity (Wildman–Crippen MR) is 124 cm³/mol. The molecule has 32 heavy (non-hydrogen) atoms. The molecule has 0 bridgehead atoms. The molecule has 0 fully saturated rings. The van der Waals surface area contributed by atoms with E-state index in [0.717, 1.165) is 10.0 Å². The number of nitriles is 1. The highest BCUT2D eigenvalue weighted by Gasteiger charge is 2.23. The second-order valence-corrected chi connectivity index (χ2v) is 8.10. The summed E-state index contributed by atoms with van der Waals surface area (Å²) in [5.74, 6) is -0.461. The van der Waals surface area contributed by atoms with Gasteiger partial charge in [0.2, 0.25) is 0 Å². The minimum absolute atomic E-state index is 0.0549. The Balaban J connectivity index is 1.88. The van der Waals surface area contributed by atoms with Gasteiger partial charge in [0.1, 0.15) is 23.0 Å². The third-order valence-corrected chi connectivity index (χ3v) is 5.57. The summed E-state index contributed by atoms with van der Waals surface area (Å²) in [6, 6.07) is 16.0. The maximum Gasteiger partial charge on any atom is 0.337 e. The number of hydrogen-bond donors (Lipinski definition) is 2. The minimum atomic E-state index is -1.10. The predicted octanol–water partition coefficient (Wildman–Crippen LogP) is 5.60. The molecule has 2 aromatic heterocycles. The van der Waals surface area contributed by atoms with Gasteiger partial charge >= 0.3 is 5.97 Å². The van der Waals surface area contributed by atoms with E-state index in [4.69, 9.17) is 4.42 Å². The number of nitrogens with zero attached hydrogens (tertiary/aromatic N) is 4. The van der Waals surface area contributed by atoms with E-state index >= 15 is 0 Å². The van der Waals surface area contributed by atoms with Gasteiger partial charge in [0.25, 0.3) is 0 Å². The van der Waals surface area contributed by atoms with Crippen LogP contribution in [0.2, 0.25) is 0 Å². The van der Waals surface area contributed by atoms with Crippen molar-refractivity contribution in [2.75, 3.05) is 11.6 Å². The Kier molecular flexibility index (Phi) is 6.20. The highest BCUT2D eigenvalue weighted by molar-refractivity contribution is 9.10. The first-order chi connectivity index (χ1) is 15.5. The average Bonchev–Trinajstić information content (AvgIpc) is 3.29. The monoisotopic (exact) mass is 507 g/mol. The van der Waals surface area contributed by atoms with E-state index in [1.165, 1.54) is 24.2 Å². The number of thioether (sulfide) groups is 1. The molecule has 0 saturated heterocycles. The molecular formula is C22H14BrN5O3S. The highest BCUT2D eigenvalue weighted by Crippen LogP contribution is 2.36. The van der Waals surface area contributed by atoms with Gasteiger partial charge in [-0.15, -0.1) is 0 Å². The molecule has 0 spiro atoms. The largest absolute Gasteiger partial charge is 0.478 e. The Morgan fingerprint density at radius 2 is 1.91 bits per heavy atom. The number of para-hydroxylation sites is 1. The van der Waals surface area contributed by atoms with Crippen LogP contribution in [0.3, 0.4) is 0 Å². The van der Waals surface area contributed by atoms with Crippen LogP contribution in [-0.2, 0) is 0 Å². The number of anilines is 2. The molecule has 158 valence electrons. The normalized spacial score (nSPS) is 10.5. The van der Waals surface area contributed by atoms with Gasteiger partial charge in [-0.05, 0) is 30.5 Å². The van der Waals surface area contributed by atoms with Crippen LogP contribution in [0.1, 0.15) is 15.9 Å². The van der Waals surface area contributed by atoms with Crippen LogP contribution in [0, 0.1) is 11.3 Å². The van der Waals surface area contributed by atoms with Gasteiger partial charge < -0.3 is 14.8 Å². The third kappa shape index (κ3) is 4.21. The van der Waals surface area contributed by atoms with Gasteiger partial charge in [-0.25, -0.2) is 19.7 Å². The Morgan fingerprint density at radius 1 is 1.16 bits per heavy atom. The van der Waals surface area contributed by atoms with Crippen LogP contribution in [0.5, 0.6) is 0 Å². The first-order valence-electron chi connectivity index (χ1n) is 9.17. The number of benzene rings is 2. The molecule has 0 aliphatic carbocycles. The van der Waals surface area contributed by atoms with E-state index in [1.807, 2.05) is 24.3 Å². The lowest BCUT2D eigenvalue weighted by Gasteiger charge is -2.13. The lowest BCUT2D eigenvalue weighted by atomic mass is 10.1. The zero-order chi connectivity index (χ0) is 22.7. The van der Waals surface area contributed by atoms with Crippen molar-refractivity contribution >= 4 is 45.2 Å². The second-order valence-electron chi connectivity index (χ2n) is 6.41. The fourth-order valence-corrected chi connectivity index (χ4v) is 3.66. The number of oxazole rings is 1. The fraction of sp³-hybridized carbons (Fsp3) is 0.0455. The topological polar surface area (TPSA) is 125 Å². The number of aromatic nitrogens is 3. The number of aromatic carboxylic acids is 1. The summed E-state index contributed by atoms with van der Waals surface area (Å²) < 4.78 is 6.54. The van der Waals surface area contributed by atoms with E-state index in [2.05, 4.69) is 42.3 Å². The molecule has 0 unspecified atom stereocenters. The minimum Gasteiger partial charge on any atom is -0.478 e. The number of nitrogens with one attached hydrogen (secondary N) is 1. The Labute approximate surface area is 195 Å². The summed E-state index contributed by atoms with van der Waals surface area (Å²) in [6.07, 6.45) is 3.10. The van der Waals surface area contributed by atoms with Crippen LogP contribution < -0.4 is 5.32 Å². The number of carboxylic acid groups (broad SMARTS) is 1. The molecule has 0 radical (unpaired) electrons. The number of rotatable bonds is 6. The van der Waals surface area contributed by atoms with Crippen LogP contribution >= 0.6 is 27.7 Å². The van der Waals surface area contributed by atoms with Crippen LogP contribution in [0.15, 0.2) is 69.0 Å². The molecule has 2 aromatic carbocycles. The molecule has 0 aliphatic heterocycles. The lowest BCUT2D eigenvalue weighted by molar-refractivity contribution is 0.0698. The molecule has 0 saturated carbocycles. The van der Waals surface area contributed by atoms with Gasteiger partial charge in [0, 0.05) is 10.0 Å². The molecule has 4 aromatic rings. The molecule has 8 nitrogen and oxygen atoms in total. The Bertz CT molecular complexity index is 1350. The molecule has 2 N–H and O–H groups in total. The zero-order valence-corrected chi connectivity index (χ0v) is 18.9. The van der Waals surface area contributed by atoms with Crippen molar-refractivity contribution in [1.82, 2.24) is 15.0 Å². The Hall–Kier alpha value is -3.68. The third-order valence-electron chi connectivity index (χ3n) is 4.49. The lowest BCUT2D eigenvalue weighted by Crippen LogP contribution is -2.07. The van der Waals surface area contributed by atoms with Crippen molar-refractivity contribution in [2.45, 2.75) is 5.16 Å². The summed E-state index contributed by atoms with van der Waals surface area (Å²) in [5, 5.41) is 22.8. The van der Waals surface area contributed by atoms with Gasteiger partial charge in [-0.2, -0.15) is 5.26 Å². The summed E-state index contributed by atoms with van der Waals surface area (Å²) >= 11 is 4.69. The summed E-state index contributed by atoms with van der Waals surface area (Å²) in [4.78, 5) is 24.8. The Morgan fingerprint density at radius 3 is 2.59 bits per heavy atom.